The van der Waals surface area contributed by atoms with Crippen LogP contribution in [-0.4, -0.2) is 17.1 Å². The van der Waals surface area contributed by atoms with Crippen molar-refractivity contribution in [2.75, 3.05) is 16.4 Å². The van der Waals surface area contributed by atoms with E-state index in [4.69, 9.17) is 15.7 Å². The summed E-state index contributed by atoms with van der Waals surface area (Å²) in [6, 6.07) is 26.3. The van der Waals surface area contributed by atoms with Crippen molar-refractivity contribution in [3.63, 3.8) is 0 Å². The number of aromatic hydroxyl groups is 1. The van der Waals surface area contributed by atoms with Crippen LogP contribution in [0.25, 0.3) is 10.8 Å². The second-order valence-electron chi connectivity index (χ2n) is 10.3. The monoisotopic (exact) mass is 548 g/mol. The number of phenols is 1. The van der Waals surface area contributed by atoms with E-state index in [1.807, 2.05) is 44.2 Å². The predicted octanol–water partition coefficient (Wildman–Crippen LogP) is 7.29. The minimum Gasteiger partial charge on any atom is -0.507 e. The number of rotatable bonds is 9. The molecule has 0 aliphatic heterocycles. The van der Waals surface area contributed by atoms with E-state index in [1.165, 1.54) is 6.08 Å². The van der Waals surface area contributed by atoms with Crippen molar-refractivity contribution in [2.45, 2.75) is 32.8 Å². The number of para-hydroxylation sites is 2. The smallest absolute Gasteiger partial charge is 0.412 e. The van der Waals surface area contributed by atoms with Crippen LogP contribution in [0.2, 0.25) is 0 Å². The molecule has 0 bridgehead atoms. The van der Waals surface area contributed by atoms with Gasteiger partial charge in [0, 0.05) is 22.1 Å². The number of carbonyl (C=O) groups is 2. The number of nitrogens with two attached hydrogens (primary N) is 1. The SMILES string of the molecule is CC(C)(CC/C=C/C(=O)Nc1ccccc1N)[C@@H](OC(=O)Nc1ccc(C#N)cc1)c1ccc(O)c2ccccc12. The molecule has 2 amide bonds. The molecule has 0 fully saturated rings. The summed E-state index contributed by atoms with van der Waals surface area (Å²) in [7, 11) is 0. The number of fused-ring (bicyclic) bond motifs is 1. The summed E-state index contributed by atoms with van der Waals surface area (Å²) in [5, 5.41) is 26.4. The minimum atomic E-state index is -0.697. The molecule has 0 aliphatic carbocycles. The Labute approximate surface area is 239 Å². The highest BCUT2D eigenvalue weighted by atomic mass is 16.6. The maximum absolute atomic E-state index is 13.1. The number of amides is 2. The number of nitriles is 1. The van der Waals surface area contributed by atoms with Gasteiger partial charge in [-0.1, -0.05) is 62.4 Å². The average molecular weight is 549 g/mol. The van der Waals surface area contributed by atoms with Crippen LogP contribution in [0.15, 0.2) is 97.1 Å². The summed E-state index contributed by atoms with van der Waals surface area (Å²) in [6.07, 6.45) is 3.01. The van der Waals surface area contributed by atoms with E-state index in [-0.39, 0.29) is 11.7 Å². The fraction of sp³-hybridized carbons (Fsp3) is 0.182. The van der Waals surface area contributed by atoms with E-state index >= 15 is 0 Å². The van der Waals surface area contributed by atoms with Gasteiger partial charge in [0.2, 0.25) is 5.91 Å². The molecule has 0 radical (unpaired) electrons. The number of carbonyl (C=O) groups excluding carboxylic acids is 2. The van der Waals surface area contributed by atoms with Gasteiger partial charge in [0.05, 0.1) is 23.0 Å². The van der Waals surface area contributed by atoms with Crippen LogP contribution < -0.4 is 16.4 Å². The maximum atomic E-state index is 13.1. The molecule has 4 aromatic rings. The lowest BCUT2D eigenvalue weighted by molar-refractivity contribution is -0.111. The second kappa shape index (κ2) is 12.7. The molecule has 0 spiro atoms. The van der Waals surface area contributed by atoms with Gasteiger partial charge < -0.3 is 20.9 Å². The normalized spacial score (nSPS) is 12.0. The van der Waals surface area contributed by atoms with Gasteiger partial charge in [-0.15, -0.1) is 0 Å². The zero-order valence-corrected chi connectivity index (χ0v) is 22.9. The first kappa shape index (κ1) is 28.7. The maximum Gasteiger partial charge on any atom is 0.412 e. The van der Waals surface area contributed by atoms with E-state index in [2.05, 4.69) is 10.6 Å². The van der Waals surface area contributed by atoms with Crippen molar-refractivity contribution in [3.05, 3.63) is 108 Å². The summed E-state index contributed by atoms with van der Waals surface area (Å²) < 4.78 is 6.07. The molecule has 1 atom stereocenters. The Morgan fingerprint density at radius 2 is 1.66 bits per heavy atom. The first-order chi connectivity index (χ1) is 19.7. The van der Waals surface area contributed by atoms with Gasteiger partial charge in [0.1, 0.15) is 11.9 Å². The molecular weight excluding hydrogens is 516 g/mol. The number of hydrogen-bond acceptors (Lipinski definition) is 6. The van der Waals surface area contributed by atoms with Gasteiger partial charge >= 0.3 is 6.09 Å². The Kier molecular flexibility index (Phi) is 8.90. The zero-order valence-electron chi connectivity index (χ0n) is 22.9. The predicted molar refractivity (Wildman–Crippen MR) is 161 cm³/mol. The van der Waals surface area contributed by atoms with Crippen LogP contribution in [0.5, 0.6) is 5.75 Å². The highest BCUT2D eigenvalue weighted by Crippen LogP contribution is 2.44. The van der Waals surface area contributed by atoms with Gasteiger partial charge in [-0.25, -0.2) is 4.79 Å². The van der Waals surface area contributed by atoms with Gasteiger partial charge in [-0.2, -0.15) is 5.26 Å². The molecule has 208 valence electrons. The Morgan fingerprint density at radius 3 is 2.37 bits per heavy atom. The molecule has 8 nitrogen and oxygen atoms in total. The molecule has 4 aromatic carbocycles. The zero-order chi connectivity index (χ0) is 29.4. The van der Waals surface area contributed by atoms with Gasteiger partial charge in [-0.3, -0.25) is 10.1 Å². The Bertz CT molecular complexity index is 1620. The van der Waals surface area contributed by atoms with Crippen LogP contribution in [0.1, 0.15) is 43.9 Å². The Morgan fingerprint density at radius 1 is 0.976 bits per heavy atom. The van der Waals surface area contributed by atoms with E-state index in [9.17, 15) is 14.7 Å². The standard InChI is InChI=1S/C33H32N4O4/c1-33(2,20-8-7-13-30(39)37-28-12-6-5-11-27(28)35)31(26-18-19-29(38)25-10-4-3-9-24(25)26)41-32(40)36-23-16-14-22(21-34)15-17-23/h3-7,9-19,31,38H,8,20,35H2,1-2H3,(H,36,40)(H,37,39)/b13-7+/t31-/m0/s1. The quantitative estimate of drug-likeness (QED) is 0.128. The van der Waals surface area contributed by atoms with Crippen LogP contribution in [0, 0.1) is 16.7 Å². The number of hydrogen-bond donors (Lipinski definition) is 4. The number of phenolic OH excluding ortho intramolecular Hbond substituents is 1. The first-order valence-corrected chi connectivity index (χ1v) is 13.2. The lowest BCUT2D eigenvalue weighted by Gasteiger charge is -2.35. The minimum absolute atomic E-state index is 0.135. The van der Waals surface area contributed by atoms with E-state index in [0.717, 1.165) is 10.9 Å². The number of nitrogen functional groups attached to an aromatic ring is 1. The summed E-state index contributed by atoms with van der Waals surface area (Å²) in [4.78, 5) is 25.5. The van der Waals surface area contributed by atoms with Crippen molar-refractivity contribution >= 4 is 39.8 Å². The van der Waals surface area contributed by atoms with Crippen LogP contribution >= 0.6 is 0 Å². The molecule has 8 heteroatoms. The molecule has 0 unspecified atom stereocenters. The highest BCUT2D eigenvalue weighted by molar-refractivity contribution is 6.01. The van der Waals surface area contributed by atoms with Crippen molar-refractivity contribution < 1.29 is 19.4 Å². The first-order valence-electron chi connectivity index (χ1n) is 13.2. The topological polar surface area (TPSA) is 137 Å². The summed E-state index contributed by atoms with van der Waals surface area (Å²) >= 11 is 0. The molecule has 41 heavy (non-hydrogen) atoms. The van der Waals surface area contributed by atoms with E-state index < -0.39 is 17.6 Å². The third-order valence-corrected chi connectivity index (χ3v) is 6.86. The molecule has 0 aliphatic rings. The molecule has 5 N–H and O–H groups in total. The summed E-state index contributed by atoms with van der Waals surface area (Å²) in [5.41, 5.74) is 8.08. The largest absolute Gasteiger partial charge is 0.507 e. The fourth-order valence-corrected chi connectivity index (χ4v) is 4.62. The molecular formula is C33H32N4O4. The van der Waals surface area contributed by atoms with Crippen molar-refractivity contribution in [2.24, 2.45) is 5.41 Å². The lowest BCUT2D eigenvalue weighted by Crippen LogP contribution is -2.29. The number of nitrogens with one attached hydrogen (secondary N) is 2. The average Bonchev–Trinajstić information content (AvgIpc) is 2.96. The van der Waals surface area contributed by atoms with Crippen molar-refractivity contribution in [1.82, 2.24) is 0 Å². The number of anilines is 3. The van der Waals surface area contributed by atoms with Crippen LogP contribution in [0.4, 0.5) is 21.9 Å². The second-order valence-corrected chi connectivity index (χ2v) is 10.3. The number of nitrogens with zero attached hydrogens (tertiary/aromatic N) is 1. The Hall–Kier alpha value is -5.29. The third-order valence-electron chi connectivity index (χ3n) is 6.86. The molecule has 0 heterocycles. The fourth-order valence-electron chi connectivity index (χ4n) is 4.62. The van der Waals surface area contributed by atoms with Gasteiger partial charge in [-0.05, 0) is 66.8 Å². The molecule has 4 rings (SSSR count). The van der Waals surface area contributed by atoms with Crippen molar-refractivity contribution in [1.29, 1.82) is 5.26 Å². The van der Waals surface area contributed by atoms with E-state index in [0.29, 0.717) is 40.9 Å². The van der Waals surface area contributed by atoms with Gasteiger partial charge in [0.15, 0.2) is 0 Å². The van der Waals surface area contributed by atoms with E-state index in [1.54, 1.807) is 66.7 Å². The highest BCUT2D eigenvalue weighted by Gasteiger charge is 2.35. The Balaban J connectivity index is 1.54. The summed E-state index contributed by atoms with van der Waals surface area (Å²) in [5.74, 6) is -0.157. The summed E-state index contributed by atoms with van der Waals surface area (Å²) in [6.45, 7) is 3.99. The molecule has 0 aromatic heterocycles. The number of ether oxygens (including phenoxy) is 1. The number of allylic oxidation sites excluding steroid dienone is 1. The molecule has 0 saturated carbocycles. The van der Waals surface area contributed by atoms with Crippen LogP contribution in [0.3, 0.4) is 0 Å². The van der Waals surface area contributed by atoms with Gasteiger partial charge in [0.25, 0.3) is 0 Å². The third kappa shape index (κ3) is 7.22. The lowest BCUT2D eigenvalue weighted by atomic mass is 9.77. The molecule has 0 saturated heterocycles. The number of benzene rings is 4. The van der Waals surface area contributed by atoms with Crippen molar-refractivity contribution in [3.8, 4) is 11.8 Å². The van der Waals surface area contributed by atoms with Crippen LogP contribution in [-0.2, 0) is 9.53 Å².